The van der Waals surface area contributed by atoms with Crippen LogP contribution in [0.1, 0.15) is 11.1 Å². The molecule has 0 atom stereocenters. The molecule has 0 aliphatic heterocycles. The molecule has 0 aliphatic carbocycles. The number of esters is 1. The first-order chi connectivity index (χ1) is 11.9. The van der Waals surface area contributed by atoms with Crippen molar-refractivity contribution >= 4 is 40.8 Å². The number of ether oxygens (including phenoxy) is 2. The van der Waals surface area contributed by atoms with E-state index in [0.717, 1.165) is 11.1 Å². The maximum atomic E-state index is 11.8. The molecule has 0 fully saturated rings. The third kappa shape index (κ3) is 5.62. The van der Waals surface area contributed by atoms with Gasteiger partial charge in [-0.25, -0.2) is 9.78 Å². The summed E-state index contributed by atoms with van der Waals surface area (Å²) in [6, 6.07) is 6.68. The molecule has 0 bridgehead atoms. The lowest BCUT2D eigenvalue weighted by Gasteiger charge is -2.12. The highest BCUT2D eigenvalue weighted by Crippen LogP contribution is 2.27. The fraction of sp³-hybridized carbons (Fsp3) is 0.235. The van der Waals surface area contributed by atoms with Gasteiger partial charge in [-0.2, -0.15) is 0 Å². The molecular formula is C17H16Cl2N2O4. The standard InChI is InChI=1S/C17H16Cl2N2O4/c1-10-6-12(18)7-11(2)16(10)25-9-15(23)24-8-14(22)21-13-4-3-5-20-17(13)19/h3-7H,8-9H2,1-2H3,(H,21,22). The van der Waals surface area contributed by atoms with E-state index in [-0.39, 0.29) is 11.8 Å². The fourth-order valence-electron chi connectivity index (χ4n) is 2.11. The van der Waals surface area contributed by atoms with E-state index < -0.39 is 18.5 Å². The first-order valence-electron chi connectivity index (χ1n) is 7.32. The molecule has 8 heteroatoms. The van der Waals surface area contributed by atoms with Crippen molar-refractivity contribution in [2.75, 3.05) is 18.5 Å². The highest BCUT2D eigenvalue weighted by atomic mass is 35.5. The molecule has 25 heavy (non-hydrogen) atoms. The van der Waals surface area contributed by atoms with Gasteiger partial charge in [0.2, 0.25) is 0 Å². The minimum atomic E-state index is -0.666. The summed E-state index contributed by atoms with van der Waals surface area (Å²) in [5.41, 5.74) is 1.96. The van der Waals surface area contributed by atoms with Crippen LogP contribution in [0, 0.1) is 13.8 Å². The number of anilines is 1. The minimum Gasteiger partial charge on any atom is -0.481 e. The number of amides is 1. The van der Waals surface area contributed by atoms with Gasteiger partial charge in [-0.05, 0) is 49.2 Å². The van der Waals surface area contributed by atoms with E-state index in [9.17, 15) is 9.59 Å². The molecule has 0 saturated carbocycles. The summed E-state index contributed by atoms with van der Waals surface area (Å²) in [6.07, 6.45) is 1.50. The molecule has 0 aliphatic rings. The number of nitrogens with one attached hydrogen (secondary N) is 1. The normalized spacial score (nSPS) is 10.2. The van der Waals surface area contributed by atoms with Gasteiger partial charge in [0.25, 0.3) is 5.91 Å². The first-order valence-corrected chi connectivity index (χ1v) is 8.08. The van der Waals surface area contributed by atoms with Gasteiger partial charge < -0.3 is 14.8 Å². The number of benzene rings is 1. The number of pyridine rings is 1. The van der Waals surface area contributed by atoms with Crippen LogP contribution in [-0.2, 0) is 14.3 Å². The van der Waals surface area contributed by atoms with Crippen molar-refractivity contribution in [3.05, 3.63) is 51.8 Å². The van der Waals surface area contributed by atoms with Gasteiger partial charge >= 0.3 is 5.97 Å². The molecule has 0 unspecified atom stereocenters. The predicted octanol–water partition coefficient (Wildman–Crippen LogP) is 3.57. The van der Waals surface area contributed by atoms with Crippen molar-refractivity contribution < 1.29 is 19.1 Å². The van der Waals surface area contributed by atoms with E-state index >= 15 is 0 Å². The summed E-state index contributed by atoms with van der Waals surface area (Å²) in [5.74, 6) is -0.628. The third-order valence-corrected chi connectivity index (χ3v) is 3.68. The van der Waals surface area contributed by atoms with Crippen LogP contribution >= 0.6 is 23.2 Å². The maximum Gasteiger partial charge on any atom is 0.344 e. The molecule has 1 aromatic heterocycles. The largest absolute Gasteiger partial charge is 0.481 e. The molecule has 0 saturated heterocycles. The van der Waals surface area contributed by atoms with Gasteiger partial charge in [0, 0.05) is 11.2 Å². The van der Waals surface area contributed by atoms with Crippen LogP contribution in [0.2, 0.25) is 10.2 Å². The number of aryl methyl sites for hydroxylation is 2. The molecule has 0 spiro atoms. The van der Waals surface area contributed by atoms with Crippen LogP contribution in [0.3, 0.4) is 0 Å². The second-order valence-corrected chi connectivity index (χ2v) is 6.00. The van der Waals surface area contributed by atoms with Crippen LogP contribution in [0.4, 0.5) is 5.69 Å². The monoisotopic (exact) mass is 382 g/mol. The summed E-state index contributed by atoms with van der Waals surface area (Å²) in [4.78, 5) is 27.3. The summed E-state index contributed by atoms with van der Waals surface area (Å²) < 4.78 is 10.3. The van der Waals surface area contributed by atoms with Crippen LogP contribution in [0.25, 0.3) is 0 Å². The van der Waals surface area contributed by atoms with E-state index in [1.54, 1.807) is 24.3 Å². The van der Waals surface area contributed by atoms with Crippen molar-refractivity contribution in [2.45, 2.75) is 13.8 Å². The van der Waals surface area contributed by atoms with E-state index in [4.69, 9.17) is 32.7 Å². The SMILES string of the molecule is Cc1cc(Cl)cc(C)c1OCC(=O)OCC(=O)Nc1cccnc1Cl. The maximum absolute atomic E-state index is 11.8. The molecule has 6 nitrogen and oxygen atoms in total. The summed E-state index contributed by atoms with van der Waals surface area (Å²) in [6.45, 7) is 2.88. The molecular weight excluding hydrogens is 367 g/mol. The van der Waals surface area contributed by atoms with Gasteiger partial charge in [0.1, 0.15) is 5.75 Å². The molecule has 1 amide bonds. The van der Waals surface area contributed by atoms with Crippen molar-refractivity contribution in [1.82, 2.24) is 4.98 Å². The number of aromatic nitrogens is 1. The van der Waals surface area contributed by atoms with Crippen molar-refractivity contribution in [1.29, 1.82) is 0 Å². The average Bonchev–Trinajstić information content (AvgIpc) is 2.54. The summed E-state index contributed by atoms with van der Waals surface area (Å²) in [5, 5.41) is 3.24. The lowest BCUT2D eigenvalue weighted by Crippen LogP contribution is -2.24. The van der Waals surface area contributed by atoms with Gasteiger partial charge in [-0.3, -0.25) is 4.79 Å². The number of rotatable bonds is 6. The zero-order chi connectivity index (χ0) is 18.4. The van der Waals surface area contributed by atoms with Crippen molar-refractivity contribution in [3.8, 4) is 5.75 Å². The van der Waals surface area contributed by atoms with Crippen LogP contribution in [-0.4, -0.2) is 30.1 Å². The number of carbonyl (C=O) groups is 2. The van der Waals surface area contributed by atoms with E-state index in [0.29, 0.717) is 16.5 Å². The lowest BCUT2D eigenvalue weighted by atomic mass is 10.1. The number of nitrogens with zero attached hydrogens (tertiary/aromatic N) is 1. The van der Waals surface area contributed by atoms with E-state index in [2.05, 4.69) is 10.3 Å². The molecule has 2 rings (SSSR count). The quantitative estimate of drug-likeness (QED) is 0.610. The Balaban J connectivity index is 1.81. The Kier molecular flexibility index (Phi) is 6.61. The smallest absolute Gasteiger partial charge is 0.344 e. The lowest BCUT2D eigenvalue weighted by molar-refractivity contribution is -0.149. The highest BCUT2D eigenvalue weighted by molar-refractivity contribution is 6.32. The Morgan fingerprint density at radius 2 is 1.84 bits per heavy atom. The predicted molar refractivity (Wildman–Crippen MR) is 95.3 cm³/mol. The van der Waals surface area contributed by atoms with Gasteiger partial charge in [0.15, 0.2) is 18.4 Å². The molecule has 1 heterocycles. The van der Waals surface area contributed by atoms with Crippen LogP contribution in [0.5, 0.6) is 5.75 Å². The van der Waals surface area contributed by atoms with E-state index in [1.165, 1.54) is 6.20 Å². The average molecular weight is 383 g/mol. The Labute approximate surface area is 155 Å². The van der Waals surface area contributed by atoms with Crippen LogP contribution < -0.4 is 10.1 Å². The highest BCUT2D eigenvalue weighted by Gasteiger charge is 2.12. The van der Waals surface area contributed by atoms with Gasteiger partial charge in [-0.15, -0.1) is 0 Å². The second-order valence-electron chi connectivity index (χ2n) is 5.21. The minimum absolute atomic E-state index is 0.152. The van der Waals surface area contributed by atoms with Crippen molar-refractivity contribution in [2.24, 2.45) is 0 Å². The zero-order valence-electron chi connectivity index (χ0n) is 13.6. The molecule has 2 aromatic rings. The Bertz CT molecular complexity index is 773. The topological polar surface area (TPSA) is 77.5 Å². The molecule has 132 valence electrons. The molecule has 1 aromatic carbocycles. The Morgan fingerprint density at radius 1 is 1.16 bits per heavy atom. The van der Waals surface area contributed by atoms with Crippen LogP contribution in [0.15, 0.2) is 30.5 Å². The summed E-state index contributed by atoms with van der Waals surface area (Å²) >= 11 is 11.8. The third-order valence-electron chi connectivity index (χ3n) is 3.16. The Morgan fingerprint density at radius 3 is 2.48 bits per heavy atom. The van der Waals surface area contributed by atoms with Gasteiger partial charge in [-0.1, -0.05) is 23.2 Å². The van der Waals surface area contributed by atoms with Crippen molar-refractivity contribution in [3.63, 3.8) is 0 Å². The zero-order valence-corrected chi connectivity index (χ0v) is 15.1. The fourth-order valence-corrected chi connectivity index (χ4v) is 2.60. The molecule has 1 N–H and O–H groups in total. The molecule has 0 radical (unpaired) electrons. The van der Waals surface area contributed by atoms with Gasteiger partial charge in [0.05, 0.1) is 5.69 Å². The number of hydrogen-bond donors (Lipinski definition) is 1. The first kappa shape index (κ1) is 19.0. The summed E-state index contributed by atoms with van der Waals surface area (Å²) in [7, 11) is 0. The number of carbonyl (C=O) groups excluding carboxylic acids is 2. The van der Waals surface area contributed by atoms with E-state index in [1.807, 2.05) is 13.8 Å². The Hall–Kier alpha value is -2.31. The number of hydrogen-bond acceptors (Lipinski definition) is 5. The second kappa shape index (κ2) is 8.69. The number of halogens is 2.